The Labute approximate surface area is 130 Å². The molecule has 3 rings (SSSR count). The second kappa shape index (κ2) is 6.77. The fourth-order valence-corrected chi connectivity index (χ4v) is 4.24. The fourth-order valence-electron chi connectivity index (χ4n) is 2.89. The zero-order valence-corrected chi connectivity index (χ0v) is 13.6. The maximum absolute atomic E-state index is 5.96. The molecule has 21 heavy (non-hydrogen) atoms. The van der Waals surface area contributed by atoms with E-state index in [0.29, 0.717) is 6.61 Å². The van der Waals surface area contributed by atoms with Crippen molar-refractivity contribution in [3.8, 4) is 0 Å². The minimum atomic E-state index is 0.172. The molecule has 2 aromatic heterocycles. The van der Waals surface area contributed by atoms with Crippen molar-refractivity contribution >= 4 is 11.3 Å². The Morgan fingerprint density at radius 2 is 2.29 bits per heavy atom. The number of methoxy groups -OCH3 is 1. The van der Waals surface area contributed by atoms with Gasteiger partial charge < -0.3 is 14.5 Å². The molecule has 114 valence electrons. The molecule has 3 nitrogen and oxygen atoms in total. The summed E-state index contributed by atoms with van der Waals surface area (Å²) in [4.78, 5) is 2.95. The number of fused-ring (bicyclic) bond motifs is 1. The Balaban J connectivity index is 1.84. The first-order valence-corrected chi connectivity index (χ1v) is 8.56. The van der Waals surface area contributed by atoms with Gasteiger partial charge in [-0.05, 0) is 56.0 Å². The lowest BCUT2D eigenvalue weighted by molar-refractivity contribution is 0.162. The van der Waals surface area contributed by atoms with Crippen LogP contribution < -0.4 is 5.32 Å². The highest BCUT2D eigenvalue weighted by atomic mass is 32.1. The highest BCUT2D eigenvalue weighted by molar-refractivity contribution is 7.12. The first-order valence-electron chi connectivity index (χ1n) is 7.74. The molecule has 0 saturated heterocycles. The van der Waals surface area contributed by atoms with E-state index in [0.717, 1.165) is 24.5 Å². The quantitative estimate of drug-likeness (QED) is 0.837. The van der Waals surface area contributed by atoms with Crippen LogP contribution in [0.2, 0.25) is 0 Å². The molecular weight excluding hydrogens is 282 g/mol. The summed E-state index contributed by atoms with van der Waals surface area (Å²) >= 11 is 1.94. The van der Waals surface area contributed by atoms with Gasteiger partial charge in [-0.15, -0.1) is 11.3 Å². The second-order valence-electron chi connectivity index (χ2n) is 5.57. The van der Waals surface area contributed by atoms with Gasteiger partial charge in [-0.3, -0.25) is 0 Å². The normalized spacial score (nSPS) is 15.3. The van der Waals surface area contributed by atoms with E-state index in [1.807, 2.05) is 17.4 Å². The molecule has 2 heterocycles. The Hall–Kier alpha value is -1.10. The van der Waals surface area contributed by atoms with Crippen molar-refractivity contribution in [2.75, 3.05) is 13.7 Å². The summed E-state index contributed by atoms with van der Waals surface area (Å²) in [5, 5.41) is 3.62. The molecule has 0 radical (unpaired) electrons. The van der Waals surface area contributed by atoms with Crippen LogP contribution in [-0.4, -0.2) is 13.7 Å². The van der Waals surface area contributed by atoms with Crippen molar-refractivity contribution in [2.45, 2.75) is 45.3 Å². The molecule has 1 aliphatic rings. The van der Waals surface area contributed by atoms with E-state index in [2.05, 4.69) is 24.4 Å². The number of ether oxygens (including phenoxy) is 1. The van der Waals surface area contributed by atoms with Crippen molar-refractivity contribution in [1.82, 2.24) is 5.32 Å². The number of furan rings is 1. The fraction of sp³-hybridized carbons (Fsp3) is 0.529. The number of thiophene rings is 1. The molecule has 2 aromatic rings. The van der Waals surface area contributed by atoms with Crippen LogP contribution in [0.4, 0.5) is 0 Å². The topological polar surface area (TPSA) is 34.4 Å². The van der Waals surface area contributed by atoms with Crippen LogP contribution in [0, 0.1) is 0 Å². The maximum atomic E-state index is 5.96. The molecule has 1 unspecified atom stereocenters. The molecule has 0 amide bonds. The lowest BCUT2D eigenvalue weighted by Crippen LogP contribution is -2.22. The Kier molecular flexibility index (Phi) is 4.78. The van der Waals surface area contributed by atoms with E-state index in [1.165, 1.54) is 24.1 Å². The van der Waals surface area contributed by atoms with Crippen LogP contribution in [0.1, 0.15) is 52.6 Å². The third-order valence-corrected chi connectivity index (χ3v) is 5.20. The molecule has 0 aromatic carbocycles. The Bertz CT molecular complexity index is 566. The predicted molar refractivity (Wildman–Crippen MR) is 85.9 cm³/mol. The molecule has 1 N–H and O–H groups in total. The van der Waals surface area contributed by atoms with E-state index in [9.17, 15) is 0 Å². The molecule has 0 aliphatic heterocycles. The van der Waals surface area contributed by atoms with Gasteiger partial charge in [0.05, 0.1) is 0 Å². The molecule has 4 heteroatoms. The molecular formula is C17H23NO2S. The molecule has 0 spiro atoms. The molecule has 0 fully saturated rings. The van der Waals surface area contributed by atoms with Crippen molar-refractivity contribution in [3.63, 3.8) is 0 Å². The van der Waals surface area contributed by atoms with Crippen molar-refractivity contribution in [1.29, 1.82) is 0 Å². The van der Waals surface area contributed by atoms with Crippen molar-refractivity contribution < 1.29 is 9.15 Å². The summed E-state index contributed by atoms with van der Waals surface area (Å²) in [5.74, 6) is 1.88. The highest BCUT2D eigenvalue weighted by Gasteiger charge is 2.23. The van der Waals surface area contributed by atoms with E-state index in [-0.39, 0.29) is 6.04 Å². The van der Waals surface area contributed by atoms with Gasteiger partial charge in [0.15, 0.2) is 0 Å². The average Bonchev–Trinajstić information content (AvgIpc) is 3.15. The van der Waals surface area contributed by atoms with Crippen LogP contribution in [0.3, 0.4) is 0 Å². The van der Waals surface area contributed by atoms with E-state index in [4.69, 9.17) is 9.15 Å². The standard InChI is InChI=1S/C17H23NO2S/c1-3-9-18-17(14-8-7-13(20-14)11-19-2)16-10-12-5-4-6-15(12)21-16/h7-8,10,17-18H,3-6,9,11H2,1-2H3. The minimum Gasteiger partial charge on any atom is -0.462 e. The Morgan fingerprint density at radius 3 is 3.05 bits per heavy atom. The summed E-state index contributed by atoms with van der Waals surface area (Å²) in [7, 11) is 1.69. The summed E-state index contributed by atoms with van der Waals surface area (Å²) in [6.45, 7) is 3.71. The summed E-state index contributed by atoms with van der Waals surface area (Å²) in [5.41, 5.74) is 1.54. The average molecular weight is 305 g/mol. The van der Waals surface area contributed by atoms with Crippen LogP contribution in [0.25, 0.3) is 0 Å². The van der Waals surface area contributed by atoms with Crippen molar-refractivity contribution in [2.24, 2.45) is 0 Å². The van der Waals surface area contributed by atoms with Crippen molar-refractivity contribution in [3.05, 3.63) is 45.0 Å². The largest absolute Gasteiger partial charge is 0.462 e. The third-order valence-electron chi connectivity index (χ3n) is 3.90. The number of nitrogens with one attached hydrogen (secondary N) is 1. The van der Waals surface area contributed by atoms with Crippen LogP contribution in [0.5, 0.6) is 0 Å². The predicted octanol–water partition coefficient (Wildman–Crippen LogP) is 4.07. The van der Waals surface area contributed by atoms with E-state index < -0.39 is 0 Å². The minimum absolute atomic E-state index is 0.172. The van der Waals surface area contributed by atoms with Gasteiger partial charge in [-0.1, -0.05) is 6.92 Å². The highest BCUT2D eigenvalue weighted by Crippen LogP contribution is 2.36. The van der Waals surface area contributed by atoms with Gasteiger partial charge in [0.1, 0.15) is 24.2 Å². The summed E-state index contributed by atoms with van der Waals surface area (Å²) < 4.78 is 11.1. The SMILES string of the molecule is CCCNC(c1ccc(COC)o1)c1cc2c(s1)CCC2. The smallest absolute Gasteiger partial charge is 0.129 e. The zero-order valence-electron chi connectivity index (χ0n) is 12.8. The molecule has 0 saturated carbocycles. The zero-order chi connectivity index (χ0) is 14.7. The third kappa shape index (κ3) is 3.23. The van der Waals surface area contributed by atoms with Crippen LogP contribution in [-0.2, 0) is 24.2 Å². The summed E-state index contributed by atoms with van der Waals surface area (Å²) in [6.07, 6.45) is 4.91. The monoisotopic (exact) mass is 305 g/mol. The second-order valence-corrected chi connectivity index (χ2v) is 6.74. The van der Waals surface area contributed by atoms with Gasteiger partial charge in [-0.25, -0.2) is 0 Å². The van der Waals surface area contributed by atoms with Gasteiger partial charge >= 0.3 is 0 Å². The van der Waals surface area contributed by atoms with Gasteiger partial charge in [0.2, 0.25) is 0 Å². The van der Waals surface area contributed by atoms with E-state index >= 15 is 0 Å². The molecule has 1 aliphatic carbocycles. The molecule has 1 atom stereocenters. The summed E-state index contributed by atoms with van der Waals surface area (Å²) in [6, 6.07) is 6.64. The van der Waals surface area contributed by atoms with Crippen LogP contribution >= 0.6 is 11.3 Å². The lowest BCUT2D eigenvalue weighted by Gasteiger charge is -2.15. The Morgan fingerprint density at radius 1 is 1.38 bits per heavy atom. The van der Waals surface area contributed by atoms with E-state index in [1.54, 1.807) is 17.6 Å². The number of hydrogen-bond donors (Lipinski definition) is 1. The number of rotatable bonds is 7. The number of aryl methyl sites for hydroxylation is 2. The number of hydrogen-bond acceptors (Lipinski definition) is 4. The van der Waals surface area contributed by atoms with Crippen LogP contribution in [0.15, 0.2) is 22.6 Å². The first kappa shape index (κ1) is 14.8. The van der Waals surface area contributed by atoms with Gasteiger partial charge in [0.25, 0.3) is 0 Å². The lowest BCUT2D eigenvalue weighted by atomic mass is 10.1. The van der Waals surface area contributed by atoms with Gasteiger partial charge in [0, 0.05) is 16.9 Å². The maximum Gasteiger partial charge on any atom is 0.129 e. The van der Waals surface area contributed by atoms with Gasteiger partial charge in [-0.2, -0.15) is 0 Å². The first-order chi connectivity index (χ1) is 10.3. The molecule has 0 bridgehead atoms.